The number of ether oxygens (including phenoxy) is 1. The van der Waals surface area contributed by atoms with Gasteiger partial charge in [-0.15, -0.1) is 11.8 Å². The van der Waals surface area contributed by atoms with Crippen LogP contribution in [0.5, 0.6) is 0 Å². The Bertz CT molecular complexity index is 962. The molecule has 0 aliphatic heterocycles. The van der Waals surface area contributed by atoms with E-state index in [1.165, 1.54) is 17.8 Å². The number of aromatic nitrogens is 4. The molecule has 2 aromatic heterocycles. The van der Waals surface area contributed by atoms with Crippen LogP contribution < -0.4 is 0 Å². The van der Waals surface area contributed by atoms with Gasteiger partial charge in [-0.2, -0.15) is 18.3 Å². The highest BCUT2D eigenvalue weighted by molar-refractivity contribution is 7.98. The molecule has 3 aromatic rings. The van der Waals surface area contributed by atoms with E-state index in [2.05, 4.69) is 34.8 Å². The first kappa shape index (κ1) is 20.9. The number of benzene rings is 1. The minimum Gasteiger partial charge on any atom is -0.361 e. The maximum atomic E-state index is 13.1. The highest BCUT2D eigenvalue weighted by Crippen LogP contribution is 2.33. The van der Waals surface area contributed by atoms with Gasteiger partial charge in [-0.05, 0) is 30.5 Å². The monoisotopic (exact) mass is 428 g/mol. The lowest BCUT2D eigenvalue weighted by Gasteiger charge is -2.16. The molecule has 0 aliphatic rings. The van der Waals surface area contributed by atoms with E-state index in [0.717, 1.165) is 23.2 Å². The fourth-order valence-corrected chi connectivity index (χ4v) is 3.81. The minimum absolute atomic E-state index is 0.211. The smallest absolute Gasteiger partial charge is 0.361 e. The molecule has 0 aliphatic carbocycles. The molecule has 152 valence electrons. The molecule has 1 aromatic carbocycles. The van der Waals surface area contributed by atoms with Crippen molar-refractivity contribution in [1.82, 2.24) is 19.7 Å². The summed E-state index contributed by atoms with van der Waals surface area (Å²) in [5.41, 5.74) is 0.711. The fraction of sp³-hybridized carbons (Fsp3) is 0.444. The third kappa shape index (κ3) is 4.79. The lowest BCUT2D eigenvalue weighted by molar-refractivity contribution is -0.137. The van der Waals surface area contributed by atoms with E-state index < -0.39 is 19.8 Å². The first-order valence-corrected chi connectivity index (χ1v) is 13.8. The van der Waals surface area contributed by atoms with Gasteiger partial charge in [0.2, 0.25) is 0 Å². The summed E-state index contributed by atoms with van der Waals surface area (Å²) in [6.45, 7) is 7.61. The van der Waals surface area contributed by atoms with Crippen LogP contribution in [0.3, 0.4) is 0 Å². The Morgan fingerprint density at radius 1 is 1.21 bits per heavy atom. The standard InChI is InChI=1S/C18H23F3N4OSSi/c1-27-16-10-14(23-24-16)17-22-13-9-12(18(19,20)21)5-6-15(13)25(17)11-26-7-8-28(2,3)4/h5-6,9-10H,7-8,11H2,1-4H3,(H,23,24). The third-order valence-corrected chi connectivity index (χ3v) is 6.65. The van der Waals surface area contributed by atoms with Crippen molar-refractivity contribution < 1.29 is 17.9 Å². The van der Waals surface area contributed by atoms with Crippen LogP contribution in [0.15, 0.2) is 29.3 Å². The van der Waals surface area contributed by atoms with Crippen molar-refractivity contribution in [3.05, 3.63) is 29.8 Å². The van der Waals surface area contributed by atoms with Crippen LogP contribution in [0, 0.1) is 0 Å². The molecule has 0 saturated carbocycles. The number of aromatic amines is 1. The van der Waals surface area contributed by atoms with Gasteiger partial charge in [-0.25, -0.2) is 4.98 Å². The molecule has 28 heavy (non-hydrogen) atoms. The molecule has 0 amide bonds. The van der Waals surface area contributed by atoms with E-state index in [9.17, 15) is 13.2 Å². The predicted octanol–water partition coefficient (Wildman–Crippen LogP) is 5.48. The van der Waals surface area contributed by atoms with Gasteiger partial charge >= 0.3 is 6.18 Å². The van der Waals surface area contributed by atoms with E-state index >= 15 is 0 Å². The second-order valence-corrected chi connectivity index (χ2v) is 14.2. The quantitative estimate of drug-likeness (QED) is 0.308. The zero-order chi connectivity index (χ0) is 20.5. The van der Waals surface area contributed by atoms with E-state index in [1.54, 1.807) is 4.57 Å². The Hall–Kier alpha value is -1.78. The Balaban J connectivity index is 1.98. The molecule has 0 unspecified atom stereocenters. The van der Waals surface area contributed by atoms with Crippen molar-refractivity contribution >= 4 is 30.9 Å². The van der Waals surface area contributed by atoms with E-state index in [0.29, 0.717) is 23.6 Å². The molecule has 0 spiro atoms. The van der Waals surface area contributed by atoms with Gasteiger partial charge < -0.3 is 4.74 Å². The molecule has 0 bridgehead atoms. The molecular weight excluding hydrogens is 405 g/mol. The number of halogens is 3. The van der Waals surface area contributed by atoms with Crippen molar-refractivity contribution in [2.75, 3.05) is 12.9 Å². The highest BCUT2D eigenvalue weighted by Gasteiger charge is 2.31. The fourth-order valence-electron chi connectivity index (χ4n) is 2.69. The second-order valence-electron chi connectivity index (χ2n) is 7.73. The van der Waals surface area contributed by atoms with Gasteiger partial charge in [-0.3, -0.25) is 9.67 Å². The summed E-state index contributed by atoms with van der Waals surface area (Å²) in [6.07, 6.45) is -2.50. The number of nitrogens with one attached hydrogen (secondary N) is 1. The largest absolute Gasteiger partial charge is 0.416 e. The number of nitrogens with zero attached hydrogens (tertiary/aromatic N) is 3. The Morgan fingerprint density at radius 3 is 2.57 bits per heavy atom. The van der Waals surface area contributed by atoms with Gasteiger partial charge in [0, 0.05) is 20.7 Å². The van der Waals surface area contributed by atoms with E-state index in [4.69, 9.17) is 4.74 Å². The number of hydrogen-bond donors (Lipinski definition) is 1. The van der Waals surface area contributed by atoms with Crippen molar-refractivity contribution in [2.45, 2.75) is 43.6 Å². The minimum atomic E-state index is -4.41. The van der Waals surface area contributed by atoms with Gasteiger partial charge in [0.05, 0.1) is 21.6 Å². The van der Waals surface area contributed by atoms with Crippen molar-refractivity contribution in [2.24, 2.45) is 0 Å². The number of fused-ring (bicyclic) bond motifs is 1. The van der Waals surface area contributed by atoms with Crippen LogP contribution in [-0.4, -0.2) is 40.7 Å². The number of rotatable bonds is 7. The Labute approximate surface area is 166 Å². The van der Waals surface area contributed by atoms with Gasteiger partial charge in [0.1, 0.15) is 12.4 Å². The van der Waals surface area contributed by atoms with Crippen LogP contribution in [0.25, 0.3) is 22.6 Å². The summed E-state index contributed by atoms with van der Waals surface area (Å²) in [5.74, 6) is 0.485. The predicted molar refractivity (Wildman–Crippen MR) is 108 cm³/mol. The van der Waals surface area contributed by atoms with E-state index in [-0.39, 0.29) is 12.2 Å². The molecule has 3 rings (SSSR count). The summed E-state index contributed by atoms with van der Waals surface area (Å²) >= 11 is 1.50. The Morgan fingerprint density at radius 2 is 1.96 bits per heavy atom. The van der Waals surface area contributed by atoms with Gasteiger partial charge in [0.15, 0.2) is 5.82 Å². The first-order chi connectivity index (χ1) is 13.1. The molecule has 0 atom stereocenters. The number of H-pyrrole nitrogens is 1. The molecule has 5 nitrogen and oxygen atoms in total. The molecule has 10 heteroatoms. The van der Waals surface area contributed by atoms with Crippen molar-refractivity contribution in [3.8, 4) is 11.5 Å². The second kappa shape index (κ2) is 7.92. The molecular formula is C18H23F3N4OSSi. The average molecular weight is 429 g/mol. The summed E-state index contributed by atoms with van der Waals surface area (Å²) < 4.78 is 46.9. The van der Waals surface area contributed by atoms with Crippen LogP contribution in [0.2, 0.25) is 25.7 Å². The molecule has 2 heterocycles. The summed E-state index contributed by atoms with van der Waals surface area (Å²) in [7, 11) is -1.24. The highest BCUT2D eigenvalue weighted by atomic mass is 32.2. The maximum absolute atomic E-state index is 13.1. The zero-order valence-electron chi connectivity index (χ0n) is 16.2. The number of hydrogen-bond acceptors (Lipinski definition) is 4. The summed E-state index contributed by atoms with van der Waals surface area (Å²) in [5, 5.41) is 8.00. The number of thioether (sulfide) groups is 1. The van der Waals surface area contributed by atoms with E-state index in [1.807, 2.05) is 12.3 Å². The summed E-state index contributed by atoms with van der Waals surface area (Å²) in [6, 6.07) is 6.42. The van der Waals surface area contributed by atoms with Crippen LogP contribution in [0.1, 0.15) is 5.56 Å². The lowest BCUT2D eigenvalue weighted by Crippen LogP contribution is -2.22. The number of alkyl halides is 3. The SMILES string of the molecule is CSc1cc(-c2nc3cc(C(F)(F)F)ccc3n2COCC[Si](C)(C)C)n[nH]1. The summed E-state index contributed by atoms with van der Waals surface area (Å²) in [4.78, 5) is 4.43. The molecule has 1 N–H and O–H groups in total. The lowest BCUT2D eigenvalue weighted by atomic mass is 10.2. The first-order valence-electron chi connectivity index (χ1n) is 8.83. The molecule has 0 radical (unpaired) electrons. The van der Waals surface area contributed by atoms with Crippen LogP contribution in [0.4, 0.5) is 13.2 Å². The normalized spacial score (nSPS) is 12.8. The average Bonchev–Trinajstić information content (AvgIpc) is 3.21. The van der Waals surface area contributed by atoms with Crippen LogP contribution in [-0.2, 0) is 17.6 Å². The Kier molecular flexibility index (Phi) is 5.92. The number of imidazole rings is 1. The van der Waals surface area contributed by atoms with Crippen LogP contribution >= 0.6 is 11.8 Å². The van der Waals surface area contributed by atoms with Crippen molar-refractivity contribution in [3.63, 3.8) is 0 Å². The van der Waals surface area contributed by atoms with Gasteiger partial charge in [0.25, 0.3) is 0 Å². The third-order valence-electron chi connectivity index (χ3n) is 4.30. The maximum Gasteiger partial charge on any atom is 0.416 e. The zero-order valence-corrected chi connectivity index (χ0v) is 18.0. The molecule has 0 fully saturated rings. The molecule has 0 saturated heterocycles. The topological polar surface area (TPSA) is 55.7 Å². The van der Waals surface area contributed by atoms with Gasteiger partial charge in [-0.1, -0.05) is 19.6 Å². The van der Waals surface area contributed by atoms with Crippen molar-refractivity contribution in [1.29, 1.82) is 0 Å².